The molecule has 20 N–H and O–H groups in total. The summed E-state index contributed by atoms with van der Waals surface area (Å²) >= 11 is 0. The van der Waals surface area contributed by atoms with Crippen molar-refractivity contribution in [3.05, 3.63) is 0 Å². The van der Waals surface area contributed by atoms with Crippen molar-refractivity contribution in [1.82, 2.24) is 10.6 Å². The highest BCUT2D eigenvalue weighted by Crippen LogP contribution is 2.35. The molecule has 1 amide bonds. The van der Waals surface area contributed by atoms with Crippen molar-refractivity contribution >= 4 is 5.91 Å². The van der Waals surface area contributed by atoms with Crippen molar-refractivity contribution in [2.24, 2.45) is 40.3 Å². The van der Waals surface area contributed by atoms with Gasteiger partial charge in [-0.1, -0.05) is 0 Å². The van der Waals surface area contributed by atoms with E-state index in [2.05, 4.69) is 10.6 Å². The number of amides is 1. The number of carbonyl (C=O) groups is 1. The van der Waals surface area contributed by atoms with Gasteiger partial charge in [-0.15, -0.1) is 0 Å². The Bertz CT molecular complexity index is 1190. The summed E-state index contributed by atoms with van der Waals surface area (Å²) in [7, 11) is 0. The lowest BCUT2D eigenvalue weighted by molar-refractivity contribution is -0.290. The van der Waals surface area contributed by atoms with Crippen molar-refractivity contribution in [2.45, 2.75) is 154 Å². The Morgan fingerprint density at radius 1 is 0.778 bits per heavy atom. The fourth-order valence-corrected chi connectivity index (χ4v) is 7.70. The number of carbonyl (C=O) groups excluding carboxylic acids is 1. The van der Waals surface area contributed by atoms with Gasteiger partial charge in [-0.3, -0.25) is 4.79 Å². The van der Waals surface area contributed by atoms with E-state index in [1.807, 2.05) is 0 Å². The van der Waals surface area contributed by atoms with Crippen molar-refractivity contribution in [3.63, 3.8) is 0 Å². The van der Waals surface area contributed by atoms with Crippen LogP contribution in [0.5, 0.6) is 0 Å². The Kier molecular flexibility index (Phi) is 15.7. The number of halogens is 1. The zero-order valence-electron chi connectivity index (χ0n) is 30.1. The number of hydrogen-bond acceptors (Lipinski definition) is 20. The van der Waals surface area contributed by atoms with Crippen LogP contribution in [0.3, 0.4) is 0 Å². The highest BCUT2D eigenvalue weighted by molar-refractivity contribution is 5.81. The average molecular weight is 785 g/mol. The van der Waals surface area contributed by atoms with E-state index in [1.54, 1.807) is 0 Å². The van der Waals surface area contributed by atoms with Gasteiger partial charge < -0.3 is 104 Å². The topological polar surface area (TPSA) is 374 Å². The maximum absolute atomic E-state index is 14.1. The standard InChI is InChI=1S/C32H61FN8O13/c33-14(6-34)21(43)29(48)41-17-5-16(38)26(52-30-15(37)2-1-13(49-30)9-40-8-11-3-12(36)4-11)28(22(17)44)54-32-25(47)27(19(10-42)51-32)53-31-20(39)24(46)23(45)18(7-35)50-31/h11-28,30-32,40,42-47H,1-10,34-39H2,(H,41,48)/t11?,12?,13-,14+,15+,16-,17+,18-,19+,20+,21-,22-,23+,24+,25+,26+,27+,28+,30+,31+,32-/m0/s1. The molecule has 21 nitrogen and oxygen atoms in total. The van der Waals surface area contributed by atoms with E-state index in [9.17, 15) is 39.8 Å². The molecule has 0 aromatic heterocycles. The molecule has 0 aromatic carbocycles. The molecule has 3 aliphatic heterocycles. The Morgan fingerprint density at radius 2 is 1.44 bits per heavy atom. The third kappa shape index (κ3) is 10.0. The summed E-state index contributed by atoms with van der Waals surface area (Å²) in [5, 5.41) is 69.9. The predicted octanol–water partition coefficient (Wildman–Crippen LogP) is -7.65. The van der Waals surface area contributed by atoms with Crippen molar-refractivity contribution < 1.29 is 68.2 Å². The third-order valence-electron chi connectivity index (χ3n) is 11.1. The Hall–Kier alpha value is -1.36. The van der Waals surface area contributed by atoms with Crippen LogP contribution < -0.4 is 45.0 Å². The van der Waals surface area contributed by atoms with Gasteiger partial charge in [-0.2, -0.15) is 0 Å². The van der Waals surface area contributed by atoms with Crippen LogP contribution in [-0.2, 0) is 33.2 Å². The number of alkyl halides is 1. The molecule has 2 aliphatic carbocycles. The second-order valence-electron chi connectivity index (χ2n) is 15.2. The molecular formula is C32H61FN8O13. The first-order valence-electron chi connectivity index (χ1n) is 18.7. The second kappa shape index (κ2) is 19.4. The summed E-state index contributed by atoms with van der Waals surface area (Å²) in [6.07, 6.45) is -18.2. The van der Waals surface area contributed by atoms with Crippen molar-refractivity contribution in [2.75, 3.05) is 32.8 Å². The molecule has 2 saturated carbocycles. The molecule has 0 unspecified atom stereocenters. The quantitative estimate of drug-likeness (QED) is 0.0691. The minimum Gasteiger partial charge on any atom is -0.394 e. The average Bonchev–Trinajstić information content (AvgIpc) is 3.44. The van der Waals surface area contributed by atoms with E-state index in [1.165, 1.54) is 0 Å². The van der Waals surface area contributed by atoms with Crippen LogP contribution in [0.4, 0.5) is 4.39 Å². The summed E-state index contributed by atoms with van der Waals surface area (Å²) in [5.41, 5.74) is 35.9. The van der Waals surface area contributed by atoms with Crippen LogP contribution in [0.15, 0.2) is 0 Å². The van der Waals surface area contributed by atoms with E-state index in [0.29, 0.717) is 25.3 Å². The van der Waals surface area contributed by atoms with Gasteiger partial charge in [0.2, 0.25) is 0 Å². The van der Waals surface area contributed by atoms with E-state index < -0.39 is 129 Å². The van der Waals surface area contributed by atoms with Gasteiger partial charge in [0.15, 0.2) is 25.0 Å². The molecule has 5 aliphatic rings. The monoisotopic (exact) mass is 784 g/mol. The van der Waals surface area contributed by atoms with E-state index in [4.69, 9.17) is 62.8 Å². The molecule has 314 valence electrons. The summed E-state index contributed by atoms with van der Waals surface area (Å²) < 4.78 is 50.2. The Morgan fingerprint density at radius 3 is 2.09 bits per heavy atom. The van der Waals surface area contributed by atoms with E-state index in [0.717, 1.165) is 19.4 Å². The number of nitrogens with two attached hydrogens (primary N) is 6. The maximum atomic E-state index is 14.1. The molecule has 19 atom stereocenters. The van der Waals surface area contributed by atoms with Crippen molar-refractivity contribution in [1.29, 1.82) is 0 Å². The third-order valence-corrected chi connectivity index (χ3v) is 11.1. The van der Waals surface area contributed by atoms with Gasteiger partial charge in [0, 0.05) is 31.7 Å². The second-order valence-corrected chi connectivity index (χ2v) is 15.2. The predicted molar refractivity (Wildman–Crippen MR) is 184 cm³/mol. The molecule has 5 rings (SSSR count). The first kappa shape index (κ1) is 43.8. The molecule has 3 saturated heterocycles. The van der Waals surface area contributed by atoms with E-state index >= 15 is 0 Å². The van der Waals surface area contributed by atoms with Gasteiger partial charge >= 0.3 is 0 Å². The number of nitrogens with one attached hydrogen (secondary N) is 2. The number of aliphatic hydroxyl groups is 6. The highest BCUT2D eigenvalue weighted by atomic mass is 19.1. The number of hydrogen-bond donors (Lipinski definition) is 14. The number of aliphatic hydroxyl groups excluding tert-OH is 6. The summed E-state index contributed by atoms with van der Waals surface area (Å²) in [6, 6.07) is -3.87. The molecule has 22 heteroatoms. The molecule has 0 bridgehead atoms. The zero-order chi connectivity index (χ0) is 39.4. The van der Waals surface area contributed by atoms with Crippen LogP contribution in [0.2, 0.25) is 0 Å². The zero-order valence-corrected chi connectivity index (χ0v) is 30.1. The van der Waals surface area contributed by atoms with Crippen LogP contribution in [-0.4, -0.2) is 192 Å². The van der Waals surface area contributed by atoms with Crippen molar-refractivity contribution in [3.8, 4) is 0 Å². The van der Waals surface area contributed by atoms with Gasteiger partial charge in [0.05, 0.1) is 30.8 Å². The fourth-order valence-electron chi connectivity index (χ4n) is 7.70. The Balaban J connectivity index is 1.31. The Labute approximate surface area is 312 Å². The maximum Gasteiger partial charge on any atom is 0.252 e. The minimum atomic E-state index is -2.14. The first-order chi connectivity index (χ1) is 25.7. The lowest BCUT2D eigenvalue weighted by atomic mass is 9.81. The van der Waals surface area contributed by atoms with Crippen LogP contribution in [0.25, 0.3) is 0 Å². The molecule has 0 spiro atoms. The normalized spacial score (nSPS) is 46.8. The largest absolute Gasteiger partial charge is 0.394 e. The van der Waals surface area contributed by atoms with Crippen LogP contribution in [0, 0.1) is 5.92 Å². The lowest BCUT2D eigenvalue weighted by Gasteiger charge is -2.47. The smallest absolute Gasteiger partial charge is 0.252 e. The molecule has 0 radical (unpaired) electrons. The molecule has 54 heavy (non-hydrogen) atoms. The number of rotatable bonds is 16. The lowest BCUT2D eigenvalue weighted by Crippen LogP contribution is -2.67. The fraction of sp³-hybridized carbons (Fsp3) is 0.969. The molecular weight excluding hydrogens is 723 g/mol. The number of ether oxygens (including phenoxy) is 6. The first-order valence-corrected chi connectivity index (χ1v) is 18.7. The van der Waals surface area contributed by atoms with Gasteiger partial charge in [0.1, 0.15) is 61.1 Å². The summed E-state index contributed by atoms with van der Waals surface area (Å²) in [6.45, 7) is -0.216. The molecule has 0 aromatic rings. The molecule has 3 heterocycles. The van der Waals surface area contributed by atoms with Gasteiger partial charge in [-0.05, 0) is 44.6 Å². The van der Waals surface area contributed by atoms with Crippen LogP contribution in [0.1, 0.15) is 32.1 Å². The van der Waals surface area contributed by atoms with Gasteiger partial charge in [-0.25, -0.2) is 4.39 Å². The summed E-state index contributed by atoms with van der Waals surface area (Å²) in [4.78, 5) is 12.7. The SMILES string of the molecule is NC[C@@H](F)[C@H](O)C(=O)N[C@@H]1C[C@H](N)[C@@H](O[C@H]2O[C@H](CNCC3CC(N)C3)CC[C@H]2N)[C@H](O[C@@H]2O[C@H](CO)[C@@H](O[C@H]3O[C@@H](CN)[C@@H](O)[C@H](O)[C@H]3N)[C@H]2O)[C@H]1O. The summed E-state index contributed by atoms with van der Waals surface area (Å²) in [5.74, 6) is -0.659. The molecule has 5 fully saturated rings. The minimum absolute atomic E-state index is 0.132. The van der Waals surface area contributed by atoms with Crippen LogP contribution >= 0.6 is 0 Å². The van der Waals surface area contributed by atoms with E-state index in [-0.39, 0.29) is 25.1 Å². The van der Waals surface area contributed by atoms with Gasteiger partial charge in [0.25, 0.3) is 5.91 Å². The highest BCUT2D eigenvalue weighted by Gasteiger charge is 2.54.